The molecular formula is C16H21N3O. The van der Waals surface area contributed by atoms with Gasteiger partial charge >= 0.3 is 0 Å². The monoisotopic (exact) mass is 271 g/mol. The highest BCUT2D eigenvalue weighted by molar-refractivity contribution is 5.80. The minimum atomic E-state index is -0.342. The van der Waals surface area contributed by atoms with Crippen LogP contribution in [0.2, 0.25) is 0 Å². The predicted molar refractivity (Wildman–Crippen MR) is 75.3 cm³/mol. The summed E-state index contributed by atoms with van der Waals surface area (Å²) in [5.41, 5.74) is 0. The number of amides is 1. The van der Waals surface area contributed by atoms with Crippen LogP contribution >= 0.6 is 0 Å². The van der Waals surface area contributed by atoms with Crippen LogP contribution in [0.3, 0.4) is 0 Å². The zero-order valence-electron chi connectivity index (χ0n) is 11.7. The van der Waals surface area contributed by atoms with Crippen molar-refractivity contribution in [3.05, 3.63) is 0 Å². The van der Waals surface area contributed by atoms with E-state index in [9.17, 15) is 4.79 Å². The lowest BCUT2D eigenvalue weighted by Crippen LogP contribution is -2.47. The van der Waals surface area contributed by atoms with Crippen LogP contribution in [0.5, 0.6) is 0 Å². The molecule has 1 heterocycles. The van der Waals surface area contributed by atoms with E-state index in [2.05, 4.69) is 17.3 Å². The number of hydrogen-bond acceptors (Lipinski definition) is 3. The minimum Gasteiger partial charge on any atom is -0.312 e. The molecule has 2 bridgehead atoms. The van der Waals surface area contributed by atoms with Gasteiger partial charge in [-0.25, -0.2) is 0 Å². The highest BCUT2D eigenvalue weighted by Crippen LogP contribution is 2.44. The molecule has 4 nitrogen and oxygen atoms in total. The molecule has 4 heteroatoms. The molecule has 20 heavy (non-hydrogen) atoms. The molecule has 3 unspecified atom stereocenters. The molecule has 0 aromatic carbocycles. The fourth-order valence-electron chi connectivity index (χ4n) is 4.25. The number of fused-ring (bicyclic) bond motifs is 2. The summed E-state index contributed by atoms with van der Waals surface area (Å²) in [6.07, 6.45) is 12.1. The van der Waals surface area contributed by atoms with Gasteiger partial charge in [-0.05, 0) is 43.9 Å². The Morgan fingerprint density at radius 2 is 2.05 bits per heavy atom. The molecule has 0 aromatic rings. The number of carbonyl (C=O) groups is 1. The molecule has 3 fully saturated rings. The average molecular weight is 271 g/mol. The summed E-state index contributed by atoms with van der Waals surface area (Å²) in [6, 6.07) is 2.14. The van der Waals surface area contributed by atoms with E-state index in [1.165, 1.54) is 25.7 Å². The van der Waals surface area contributed by atoms with Gasteiger partial charge in [0.1, 0.15) is 6.04 Å². The molecule has 3 aliphatic rings. The van der Waals surface area contributed by atoms with Gasteiger partial charge in [-0.3, -0.25) is 4.79 Å². The van der Waals surface area contributed by atoms with Crippen molar-refractivity contribution in [1.29, 1.82) is 5.26 Å². The van der Waals surface area contributed by atoms with Crippen LogP contribution in [0.4, 0.5) is 0 Å². The molecule has 0 radical (unpaired) electrons. The van der Waals surface area contributed by atoms with Gasteiger partial charge in [0, 0.05) is 6.04 Å². The van der Waals surface area contributed by atoms with Crippen molar-refractivity contribution in [3.63, 3.8) is 0 Å². The summed E-state index contributed by atoms with van der Waals surface area (Å²) in [5, 5.41) is 12.5. The van der Waals surface area contributed by atoms with E-state index >= 15 is 0 Å². The molecule has 1 amide bonds. The van der Waals surface area contributed by atoms with Crippen LogP contribution in [0, 0.1) is 35.5 Å². The average Bonchev–Trinajstić information content (AvgIpc) is 3.17. The molecule has 1 N–H and O–H groups in total. The number of hydrogen-bond donors (Lipinski definition) is 1. The van der Waals surface area contributed by atoms with Gasteiger partial charge in [0.2, 0.25) is 5.91 Å². The van der Waals surface area contributed by atoms with Gasteiger partial charge in [-0.15, -0.1) is 6.42 Å². The number of carbonyl (C=O) groups excluding carboxylic acids is 1. The van der Waals surface area contributed by atoms with Crippen LogP contribution in [0.1, 0.15) is 38.5 Å². The van der Waals surface area contributed by atoms with E-state index in [-0.39, 0.29) is 18.0 Å². The Labute approximate surface area is 120 Å². The number of likely N-dealkylation sites (tertiary alicyclic amines) is 1. The Bertz CT molecular complexity index is 453. The van der Waals surface area contributed by atoms with Crippen LogP contribution in [-0.2, 0) is 4.79 Å². The van der Waals surface area contributed by atoms with Crippen molar-refractivity contribution >= 4 is 5.91 Å². The summed E-state index contributed by atoms with van der Waals surface area (Å²) in [4.78, 5) is 14.0. The number of nitrogens with zero attached hydrogens (tertiary/aromatic N) is 2. The Hall–Kier alpha value is -1.52. The summed E-state index contributed by atoms with van der Waals surface area (Å²) in [6.45, 7) is 0.324. The zero-order valence-corrected chi connectivity index (χ0v) is 11.7. The zero-order chi connectivity index (χ0) is 14.1. The number of nitrogens with one attached hydrogen (secondary N) is 1. The van der Waals surface area contributed by atoms with E-state index in [0.717, 1.165) is 18.3 Å². The van der Waals surface area contributed by atoms with Crippen LogP contribution in [0.15, 0.2) is 0 Å². The molecule has 1 aliphatic heterocycles. The highest BCUT2D eigenvalue weighted by Gasteiger charge is 2.40. The Morgan fingerprint density at radius 3 is 2.65 bits per heavy atom. The number of terminal acetylenes is 1. The van der Waals surface area contributed by atoms with E-state index in [1.54, 1.807) is 4.90 Å². The number of rotatable bonds is 3. The summed E-state index contributed by atoms with van der Waals surface area (Å²) in [7, 11) is 0. The van der Waals surface area contributed by atoms with Gasteiger partial charge in [0.25, 0.3) is 0 Å². The fraction of sp³-hybridized carbons (Fsp3) is 0.750. The first kappa shape index (κ1) is 13.5. The Balaban J connectivity index is 1.56. The second kappa shape index (κ2) is 5.46. The summed E-state index contributed by atoms with van der Waals surface area (Å²) in [5.74, 6) is 4.24. The maximum atomic E-state index is 12.4. The molecule has 5 atom stereocenters. The van der Waals surface area contributed by atoms with E-state index < -0.39 is 0 Å². The summed E-state index contributed by atoms with van der Waals surface area (Å²) < 4.78 is 0. The second-order valence-corrected chi connectivity index (χ2v) is 6.37. The largest absolute Gasteiger partial charge is 0.312 e. The lowest BCUT2D eigenvalue weighted by molar-refractivity contribution is -0.131. The van der Waals surface area contributed by atoms with Crippen molar-refractivity contribution in [1.82, 2.24) is 10.2 Å². The highest BCUT2D eigenvalue weighted by atomic mass is 16.2. The molecule has 3 rings (SSSR count). The smallest absolute Gasteiger partial charge is 0.238 e. The second-order valence-electron chi connectivity index (χ2n) is 6.37. The van der Waals surface area contributed by atoms with Crippen molar-refractivity contribution in [2.24, 2.45) is 11.8 Å². The standard InChI is InChI=1S/C16H21N3O/c1-2-13-5-6-14(9-17)19(13)16(20)10-18-15-8-11-3-4-12(15)7-11/h1,11-15,18H,3-8,10H2/t11?,12?,13-,14+,15?/m1/s1. The van der Waals surface area contributed by atoms with Crippen molar-refractivity contribution in [2.75, 3.05) is 6.54 Å². The third kappa shape index (κ3) is 2.30. The van der Waals surface area contributed by atoms with Gasteiger partial charge in [0.05, 0.1) is 18.7 Å². The van der Waals surface area contributed by atoms with Crippen molar-refractivity contribution in [3.8, 4) is 18.4 Å². The third-order valence-corrected chi connectivity index (χ3v) is 5.27. The predicted octanol–water partition coefficient (Wildman–Crippen LogP) is 1.28. The maximum absolute atomic E-state index is 12.4. The number of nitriles is 1. The maximum Gasteiger partial charge on any atom is 0.238 e. The molecule has 0 aromatic heterocycles. The molecule has 0 spiro atoms. The van der Waals surface area contributed by atoms with Crippen LogP contribution in [-0.4, -0.2) is 35.5 Å². The third-order valence-electron chi connectivity index (χ3n) is 5.27. The molecular weight excluding hydrogens is 250 g/mol. The lowest BCUT2D eigenvalue weighted by atomic mass is 9.95. The van der Waals surface area contributed by atoms with Gasteiger partial charge in [0.15, 0.2) is 0 Å². The van der Waals surface area contributed by atoms with Gasteiger partial charge in [-0.2, -0.15) is 5.26 Å². The first-order valence-electron chi connectivity index (χ1n) is 7.63. The fourth-order valence-corrected chi connectivity index (χ4v) is 4.25. The van der Waals surface area contributed by atoms with E-state index in [1.807, 2.05) is 0 Å². The normalized spacial score (nSPS) is 38.7. The molecule has 2 aliphatic carbocycles. The quantitative estimate of drug-likeness (QED) is 0.787. The lowest BCUT2D eigenvalue weighted by Gasteiger charge is -2.27. The van der Waals surface area contributed by atoms with Crippen LogP contribution < -0.4 is 5.32 Å². The Morgan fingerprint density at radius 1 is 1.25 bits per heavy atom. The summed E-state index contributed by atoms with van der Waals surface area (Å²) >= 11 is 0. The first-order valence-corrected chi connectivity index (χ1v) is 7.63. The SMILES string of the molecule is C#C[C@@H]1CC[C@@H](C#N)N1C(=O)CNC1CC2CCC1C2. The molecule has 1 saturated heterocycles. The van der Waals surface area contributed by atoms with Crippen molar-refractivity contribution < 1.29 is 4.79 Å². The van der Waals surface area contributed by atoms with E-state index in [0.29, 0.717) is 19.0 Å². The minimum absolute atomic E-state index is 0.0141. The topological polar surface area (TPSA) is 56.1 Å². The van der Waals surface area contributed by atoms with Gasteiger partial charge < -0.3 is 10.2 Å². The van der Waals surface area contributed by atoms with E-state index in [4.69, 9.17) is 11.7 Å². The van der Waals surface area contributed by atoms with Gasteiger partial charge in [-0.1, -0.05) is 12.3 Å². The molecule has 2 saturated carbocycles. The Kier molecular flexibility index (Phi) is 3.68. The molecule has 106 valence electrons. The first-order chi connectivity index (χ1) is 9.72. The van der Waals surface area contributed by atoms with Crippen LogP contribution in [0.25, 0.3) is 0 Å². The van der Waals surface area contributed by atoms with Crippen molar-refractivity contribution in [2.45, 2.75) is 56.7 Å².